The summed E-state index contributed by atoms with van der Waals surface area (Å²) in [5, 5.41) is 0. The third kappa shape index (κ3) is 2.01. The Morgan fingerprint density at radius 2 is 1.93 bits per heavy atom. The summed E-state index contributed by atoms with van der Waals surface area (Å²) < 4.78 is 4.97. The van der Waals surface area contributed by atoms with Gasteiger partial charge in [0.1, 0.15) is 5.82 Å². The van der Waals surface area contributed by atoms with Gasteiger partial charge in [0.15, 0.2) is 11.6 Å². The van der Waals surface area contributed by atoms with Gasteiger partial charge in [-0.15, -0.1) is 0 Å². The molecule has 0 aliphatic heterocycles. The molecule has 0 bridgehead atoms. The van der Waals surface area contributed by atoms with Crippen molar-refractivity contribution in [3.8, 4) is 17.1 Å². The molecule has 0 radical (unpaired) electrons. The van der Waals surface area contributed by atoms with Gasteiger partial charge in [-0.25, -0.2) is 15.0 Å². The fraction of sp³-hybridized carbons (Fsp3) is 0.100. The third-order valence-corrected chi connectivity index (χ3v) is 1.90. The lowest BCUT2D eigenvalue weighted by molar-refractivity contribution is 0.411. The molecule has 0 atom stereocenters. The van der Waals surface area contributed by atoms with Crippen molar-refractivity contribution in [1.82, 2.24) is 15.0 Å². The first-order chi connectivity index (χ1) is 7.29. The summed E-state index contributed by atoms with van der Waals surface area (Å²) in [6.45, 7) is 0. The Morgan fingerprint density at radius 1 is 1.20 bits per heavy atom. The van der Waals surface area contributed by atoms with Crippen LogP contribution >= 0.6 is 0 Å². The van der Waals surface area contributed by atoms with Gasteiger partial charge in [0, 0.05) is 11.8 Å². The molecule has 2 heterocycles. The first-order valence-electron chi connectivity index (χ1n) is 4.37. The highest BCUT2D eigenvalue weighted by atomic mass is 16.5. The summed E-state index contributed by atoms with van der Waals surface area (Å²) in [4.78, 5) is 12.2. The molecule has 0 aliphatic rings. The fourth-order valence-corrected chi connectivity index (χ4v) is 1.16. The monoisotopic (exact) mass is 202 g/mol. The molecular weight excluding hydrogens is 192 g/mol. The van der Waals surface area contributed by atoms with E-state index in [0.29, 0.717) is 17.4 Å². The summed E-state index contributed by atoms with van der Waals surface area (Å²) in [7, 11) is 1.57. The number of aromatic nitrogens is 3. The van der Waals surface area contributed by atoms with E-state index in [9.17, 15) is 0 Å². The van der Waals surface area contributed by atoms with Crippen LogP contribution in [0.15, 0.2) is 30.7 Å². The van der Waals surface area contributed by atoms with Crippen LogP contribution < -0.4 is 10.5 Å². The van der Waals surface area contributed by atoms with Crippen LogP contribution in [0.5, 0.6) is 5.75 Å². The largest absolute Gasteiger partial charge is 0.494 e. The molecule has 2 N–H and O–H groups in total. The predicted molar refractivity (Wildman–Crippen MR) is 56.2 cm³/mol. The van der Waals surface area contributed by atoms with Gasteiger partial charge in [0.05, 0.1) is 19.5 Å². The fourth-order valence-electron chi connectivity index (χ4n) is 1.16. The van der Waals surface area contributed by atoms with Crippen LogP contribution in [-0.2, 0) is 0 Å². The molecule has 76 valence electrons. The Balaban J connectivity index is 2.37. The van der Waals surface area contributed by atoms with Crippen molar-refractivity contribution in [1.29, 1.82) is 0 Å². The topological polar surface area (TPSA) is 73.9 Å². The number of nitrogens with two attached hydrogens (primary N) is 1. The molecule has 0 unspecified atom stereocenters. The van der Waals surface area contributed by atoms with Crippen molar-refractivity contribution in [3.63, 3.8) is 0 Å². The highest BCUT2D eigenvalue weighted by molar-refractivity contribution is 5.58. The van der Waals surface area contributed by atoms with Crippen LogP contribution in [0.4, 0.5) is 5.82 Å². The smallest absolute Gasteiger partial charge is 0.159 e. The number of hydrogen-bond donors (Lipinski definition) is 1. The lowest BCUT2D eigenvalue weighted by atomic mass is 10.2. The minimum atomic E-state index is 0.451. The quantitative estimate of drug-likeness (QED) is 0.790. The van der Waals surface area contributed by atoms with Crippen LogP contribution in [0, 0.1) is 0 Å². The van der Waals surface area contributed by atoms with Gasteiger partial charge in [-0.2, -0.15) is 0 Å². The van der Waals surface area contributed by atoms with E-state index in [4.69, 9.17) is 10.5 Å². The number of nitrogens with zero attached hydrogens (tertiary/aromatic N) is 3. The first-order valence-corrected chi connectivity index (χ1v) is 4.37. The molecule has 0 saturated heterocycles. The molecule has 0 aliphatic carbocycles. The van der Waals surface area contributed by atoms with E-state index in [1.165, 1.54) is 0 Å². The van der Waals surface area contributed by atoms with E-state index < -0.39 is 0 Å². The van der Waals surface area contributed by atoms with Crippen molar-refractivity contribution in [2.24, 2.45) is 0 Å². The van der Waals surface area contributed by atoms with Gasteiger partial charge in [-0.3, -0.25) is 0 Å². The molecule has 0 aromatic carbocycles. The molecule has 2 aromatic rings. The summed E-state index contributed by atoms with van der Waals surface area (Å²) in [6, 6.07) is 3.53. The van der Waals surface area contributed by atoms with Crippen LogP contribution in [0.25, 0.3) is 11.4 Å². The van der Waals surface area contributed by atoms with Crippen molar-refractivity contribution in [3.05, 3.63) is 30.7 Å². The minimum Gasteiger partial charge on any atom is -0.494 e. The predicted octanol–water partition coefficient (Wildman–Crippen LogP) is 1.13. The second kappa shape index (κ2) is 3.91. The van der Waals surface area contributed by atoms with Gasteiger partial charge >= 0.3 is 0 Å². The zero-order valence-corrected chi connectivity index (χ0v) is 8.21. The molecule has 0 saturated carbocycles. The normalized spacial score (nSPS) is 9.93. The maximum Gasteiger partial charge on any atom is 0.159 e. The molecule has 0 spiro atoms. The Morgan fingerprint density at radius 3 is 2.53 bits per heavy atom. The van der Waals surface area contributed by atoms with Crippen molar-refractivity contribution in [2.45, 2.75) is 0 Å². The van der Waals surface area contributed by atoms with Gasteiger partial charge in [0.2, 0.25) is 0 Å². The Bertz CT molecular complexity index is 455. The number of anilines is 1. The SMILES string of the molecule is COc1cnc(-c2ccnc(N)c2)nc1. The zero-order valence-electron chi connectivity index (χ0n) is 8.21. The van der Waals surface area contributed by atoms with E-state index in [1.54, 1.807) is 37.8 Å². The molecule has 5 heteroatoms. The molecule has 2 rings (SSSR count). The second-order valence-corrected chi connectivity index (χ2v) is 2.92. The Kier molecular flexibility index (Phi) is 2.45. The Labute approximate surface area is 87.0 Å². The van der Waals surface area contributed by atoms with E-state index >= 15 is 0 Å². The summed E-state index contributed by atoms with van der Waals surface area (Å²) >= 11 is 0. The zero-order chi connectivity index (χ0) is 10.7. The first kappa shape index (κ1) is 9.39. The number of nitrogen functional groups attached to an aromatic ring is 1. The number of rotatable bonds is 2. The lowest BCUT2D eigenvalue weighted by Gasteiger charge is -2.01. The maximum atomic E-state index is 5.56. The van der Waals surface area contributed by atoms with E-state index in [1.807, 2.05) is 0 Å². The second-order valence-electron chi connectivity index (χ2n) is 2.92. The minimum absolute atomic E-state index is 0.451. The lowest BCUT2D eigenvalue weighted by Crippen LogP contribution is -1.93. The number of hydrogen-bond acceptors (Lipinski definition) is 5. The molecule has 5 nitrogen and oxygen atoms in total. The van der Waals surface area contributed by atoms with Crippen LogP contribution in [0.2, 0.25) is 0 Å². The van der Waals surface area contributed by atoms with Crippen LogP contribution in [-0.4, -0.2) is 22.1 Å². The van der Waals surface area contributed by atoms with E-state index in [2.05, 4.69) is 15.0 Å². The van der Waals surface area contributed by atoms with Crippen molar-refractivity contribution < 1.29 is 4.74 Å². The maximum absolute atomic E-state index is 5.56. The van der Waals surface area contributed by atoms with Crippen molar-refractivity contribution in [2.75, 3.05) is 12.8 Å². The number of pyridine rings is 1. The summed E-state index contributed by atoms with van der Waals surface area (Å²) in [6.07, 6.45) is 4.84. The molecule has 0 fully saturated rings. The van der Waals surface area contributed by atoms with E-state index in [0.717, 1.165) is 5.56 Å². The van der Waals surface area contributed by atoms with E-state index in [-0.39, 0.29) is 0 Å². The van der Waals surface area contributed by atoms with Gasteiger partial charge in [-0.1, -0.05) is 0 Å². The Hall–Kier alpha value is -2.17. The highest BCUT2D eigenvalue weighted by Crippen LogP contribution is 2.16. The number of ether oxygens (including phenoxy) is 1. The molecule has 0 amide bonds. The van der Waals surface area contributed by atoms with Crippen LogP contribution in [0.3, 0.4) is 0 Å². The average molecular weight is 202 g/mol. The van der Waals surface area contributed by atoms with Gasteiger partial charge in [-0.05, 0) is 12.1 Å². The van der Waals surface area contributed by atoms with Crippen molar-refractivity contribution >= 4 is 5.82 Å². The molecule has 2 aromatic heterocycles. The van der Waals surface area contributed by atoms with Gasteiger partial charge < -0.3 is 10.5 Å². The number of methoxy groups -OCH3 is 1. The standard InChI is InChI=1S/C10H10N4O/c1-15-8-5-13-10(14-6-8)7-2-3-12-9(11)4-7/h2-6H,1H3,(H2,11,12). The molecule has 15 heavy (non-hydrogen) atoms. The van der Waals surface area contributed by atoms with Crippen LogP contribution in [0.1, 0.15) is 0 Å². The summed E-state index contributed by atoms with van der Waals surface area (Å²) in [5.41, 5.74) is 6.40. The third-order valence-electron chi connectivity index (χ3n) is 1.90. The highest BCUT2D eigenvalue weighted by Gasteiger charge is 2.01. The van der Waals surface area contributed by atoms with Gasteiger partial charge in [0.25, 0.3) is 0 Å². The summed E-state index contributed by atoms with van der Waals surface area (Å²) in [5.74, 6) is 1.68. The molecular formula is C10H10N4O. The average Bonchev–Trinajstić information content (AvgIpc) is 2.29.